The number of aromatic nitrogens is 2. The molecular formula is C14H14Cl2N2O4S. The standard InChI is InChI=1S/C14H14Cl2N2O4S/c1-2-20-14(19)8-23-7-12-17-13(22-18-12)6-21-11-4-3-9(15)5-10(11)16/h3-5H,2,6-8H2,1H3. The predicted molar refractivity (Wildman–Crippen MR) is 87.9 cm³/mol. The van der Waals surface area contributed by atoms with Gasteiger partial charge in [-0.3, -0.25) is 4.79 Å². The van der Waals surface area contributed by atoms with Crippen LogP contribution in [0.15, 0.2) is 22.7 Å². The van der Waals surface area contributed by atoms with Crippen LogP contribution in [-0.4, -0.2) is 28.5 Å². The maximum absolute atomic E-state index is 11.2. The second-order valence-corrected chi connectivity index (χ2v) is 6.09. The SMILES string of the molecule is CCOC(=O)CSCc1noc(COc2ccc(Cl)cc2Cl)n1. The third kappa shape index (κ3) is 5.93. The second-order valence-electron chi connectivity index (χ2n) is 4.27. The number of hydrogen-bond acceptors (Lipinski definition) is 7. The molecule has 0 aliphatic rings. The fraction of sp³-hybridized carbons (Fsp3) is 0.357. The van der Waals surface area contributed by atoms with Gasteiger partial charge >= 0.3 is 5.97 Å². The molecule has 0 bridgehead atoms. The molecule has 9 heteroatoms. The van der Waals surface area contributed by atoms with Crippen LogP contribution in [-0.2, 0) is 21.9 Å². The first-order valence-corrected chi connectivity index (χ1v) is 8.62. The molecule has 0 atom stereocenters. The second kappa shape index (κ2) is 9.00. The molecule has 0 spiro atoms. The average Bonchev–Trinajstić information content (AvgIpc) is 2.94. The molecule has 0 radical (unpaired) electrons. The van der Waals surface area contributed by atoms with Crippen LogP contribution in [0.4, 0.5) is 0 Å². The van der Waals surface area contributed by atoms with Gasteiger partial charge in [0.15, 0.2) is 12.4 Å². The summed E-state index contributed by atoms with van der Waals surface area (Å²) in [5, 5.41) is 4.75. The molecule has 1 heterocycles. The highest BCUT2D eigenvalue weighted by molar-refractivity contribution is 7.99. The van der Waals surface area contributed by atoms with E-state index in [1.807, 2.05) is 0 Å². The van der Waals surface area contributed by atoms with Crippen molar-refractivity contribution in [3.05, 3.63) is 40.0 Å². The van der Waals surface area contributed by atoms with Crippen LogP contribution in [0.5, 0.6) is 5.75 Å². The lowest BCUT2D eigenvalue weighted by atomic mass is 10.3. The zero-order valence-electron chi connectivity index (χ0n) is 12.3. The Kier molecular flexibility index (Phi) is 7.01. The van der Waals surface area contributed by atoms with Gasteiger partial charge < -0.3 is 14.0 Å². The summed E-state index contributed by atoms with van der Waals surface area (Å²) in [6, 6.07) is 4.93. The topological polar surface area (TPSA) is 74.5 Å². The maximum atomic E-state index is 11.2. The van der Waals surface area contributed by atoms with E-state index in [4.69, 9.17) is 37.2 Å². The molecule has 1 aromatic carbocycles. The summed E-state index contributed by atoms with van der Waals surface area (Å²) in [7, 11) is 0. The van der Waals surface area contributed by atoms with E-state index in [9.17, 15) is 4.79 Å². The van der Waals surface area contributed by atoms with Crippen LogP contribution >= 0.6 is 35.0 Å². The summed E-state index contributed by atoms with van der Waals surface area (Å²) in [5.41, 5.74) is 0. The molecule has 0 N–H and O–H groups in total. The molecule has 124 valence electrons. The van der Waals surface area contributed by atoms with Gasteiger partial charge in [-0.25, -0.2) is 0 Å². The summed E-state index contributed by atoms with van der Waals surface area (Å²) >= 11 is 13.2. The fourth-order valence-corrected chi connectivity index (χ4v) is 2.68. The van der Waals surface area contributed by atoms with Crippen molar-refractivity contribution in [1.82, 2.24) is 10.1 Å². The highest BCUT2D eigenvalue weighted by Crippen LogP contribution is 2.28. The molecule has 1 aromatic heterocycles. The number of halogens is 2. The zero-order valence-corrected chi connectivity index (χ0v) is 14.6. The third-order valence-electron chi connectivity index (χ3n) is 2.51. The lowest BCUT2D eigenvalue weighted by Crippen LogP contribution is -2.06. The number of carbonyl (C=O) groups is 1. The van der Waals surface area contributed by atoms with E-state index in [-0.39, 0.29) is 18.3 Å². The zero-order chi connectivity index (χ0) is 16.7. The Morgan fingerprint density at radius 1 is 1.39 bits per heavy atom. The first-order chi connectivity index (χ1) is 11.1. The Balaban J connectivity index is 1.79. The molecule has 0 fully saturated rings. The van der Waals surface area contributed by atoms with Crippen LogP contribution in [0, 0.1) is 0 Å². The van der Waals surface area contributed by atoms with Crippen molar-refractivity contribution in [3.8, 4) is 5.75 Å². The summed E-state index contributed by atoms with van der Waals surface area (Å²) < 4.78 is 15.4. The maximum Gasteiger partial charge on any atom is 0.315 e. The van der Waals surface area contributed by atoms with Crippen LogP contribution in [0.25, 0.3) is 0 Å². The van der Waals surface area contributed by atoms with Crippen LogP contribution in [0.2, 0.25) is 10.0 Å². The molecule has 0 unspecified atom stereocenters. The van der Waals surface area contributed by atoms with Crippen molar-refractivity contribution in [2.24, 2.45) is 0 Å². The number of carbonyl (C=O) groups excluding carboxylic acids is 1. The van der Waals surface area contributed by atoms with Crippen molar-refractivity contribution >= 4 is 40.9 Å². The van der Waals surface area contributed by atoms with Crippen LogP contribution < -0.4 is 4.74 Å². The van der Waals surface area contributed by atoms with Gasteiger partial charge in [-0.2, -0.15) is 4.98 Å². The summed E-state index contributed by atoms with van der Waals surface area (Å²) in [6.07, 6.45) is 0. The first-order valence-electron chi connectivity index (χ1n) is 6.71. The summed E-state index contributed by atoms with van der Waals surface area (Å²) in [5.74, 6) is 1.72. The lowest BCUT2D eigenvalue weighted by Gasteiger charge is -2.05. The number of nitrogens with zero attached hydrogens (tertiary/aromatic N) is 2. The molecule has 6 nitrogen and oxygen atoms in total. The van der Waals surface area contributed by atoms with Gasteiger partial charge in [-0.05, 0) is 25.1 Å². The van der Waals surface area contributed by atoms with Gasteiger partial charge in [-0.1, -0.05) is 28.4 Å². The third-order valence-corrected chi connectivity index (χ3v) is 3.94. The highest BCUT2D eigenvalue weighted by atomic mass is 35.5. The molecule has 0 saturated heterocycles. The Morgan fingerprint density at radius 3 is 2.96 bits per heavy atom. The quantitative estimate of drug-likeness (QED) is 0.649. The minimum atomic E-state index is -0.262. The van der Waals surface area contributed by atoms with Crippen molar-refractivity contribution in [3.63, 3.8) is 0 Å². The Bertz CT molecular complexity index is 666. The fourth-order valence-electron chi connectivity index (χ4n) is 1.57. The van der Waals surface area contributed by atoms with Gasteiger partial charge in [0.25, 0.3) is 5.89 Å². The van der Waals surface area contributed by atoms with Gasteiger partial charge in [0.2, 0.25) is 0 Å². The van der Waals surface area contributed by atoms with Crippen LogP contribution in [0.1, 0.15) is 18.6 Å². The number of benzene rings is 1. The van der Waals surface area contributed by atoms with E-state index in [1.165, 1.54) is 11.8 Å². The number of thioether (sulfide) groups is 1. The summed E-state index contributed by atoms with van der Waals surface area (Å²) in [4.78, 5) is 15.4. The molecule has 2 rings (SSSR count). The van der Waals surface area contributed by atoms with E-state index in [1.54, 1.807) is 25.1 Å². The van der Waals surface area contributed by atoms with E-state index in [2.05, 4.69) is 10.1 Å². The minimum Gasteiger partial charge on any atom is -0.482 e. The Morgan fingerprint density at radius 2 is 2.22 bits per heavy atom. The van der Waals surface area contributed by atoms with Crippen molar-refractivity contribution < 1.29 is 18.8 Å². The van der Waals surface area contributed by atoms with Crippen molar-refractivity contribution in [2.45, 2.75) is 19.3 Å². The van der Waals surface area contributed by atoms with Crippen LogP contribution in [0.3, 0.4) is 0 Å². The van der Waals surface area contributed by atoms with Gasteiger partial charge in [-0.15, -0.1) is 11.8 Å². The monoisotopic (exact) mass is 376 g/mol. The Hall–Kier alpha value is -1.44. The number of rotatable bonds is 8. The molecule has 0 saturated carbocycles. The van der Waals surface area contributed by atoms with Crippen molar-refractivity contribution in [1.29, 1.82) is 0 Å². The molecule has 23 heavy (non-hydrogen) atoms. The molecular weight excluding hydrogens is 363 g/mol. The predicted octanol–water partition coefficient (Wildman–Crippen LogP) is 3.75. The Labute approximate surface area is 147 Å². The van der Waals surface area contributed by atoms with E-state index in [0.29, 0.717) is 39.9 Å². The van der Waals surface area contributed by atoms with Gasteiger partial charge in [0, 0.05) is 5.02 Å². The minimum absolute atomic E-state index is 0.0941. The normalized spacial score (nSPS) is 10.6. The molecule has 2 aromatic rings. The first kappa shape index (κ1) is 17.9. The van der Waals surface area contributed by atoms with E-state index < -0.39 is 0 Å². The van der Waals surface area contributed by atoms with Gasteiger partial charge in [0.1, 0.15) is 5.75 Å². The van der Waals surface area contributed by atoms with Crippen molar-refractivity contribution in [2.75, 3.05) is 12.4 Å². The van der Waals surface area contributed by atoms with Gasteiger partial charge in [0.05, 0.1) is 23.1 Å². The number of hydrogen-bond donors (Lipinski definition) is 0. The average molecular weight is 377 g/mol. The highest BCUT2D eigenvalue weighted by Gasteiger charge is 2.10. The molecule has 0 amide bonds. The number of esters is 1. The van der Waals surface area contributed by atoms with E-state index >= 15 is 0 Å². The lowest BCUT2D eigenvalue weighted by molar-refractivity contribution is -0.139. The molecule has 0 aliphatic carbocycles. The molecule has 0 aliphatic heterocycles. The largest absolute Gasteiger partial charge is 0.482 e. The smallest absolute Gasteiger partial charge is 0.315 e. The van der Waals surface area contributed by atoms with E-state index in [0.717, 1.165) is 0 Å². The number of ether oxygens (including phenoxy) is 2. The summed E-state index contributed by atoms with van der Waals surface area (Å²) in [6.45, 7) is 2.23.